The maximum atomic E-state index is 13.4. The SMILES string of the molecule is CCCNC(N)=O.COC(C)(C)CCOC(C)(C)CNC(=O)c1cc(NC(=O)CNC(=O)C(NC(=O)C(C)(C)CCOC(C)(C)CN2C(=O)C=CC2=O)C(C)C)ccc1COC(=O)O. The van der Waals surface area contributed by atoms with E-state index < -0.39 is 83.4 Å². The van der Waals surface area contributed by atoms with Crippen molar-refractivity contribution in [1.82, 2.24) is 26.2 Å². The molecule has 0 bridgehead atoms. The first kappa shape index (κ1) is 56.4. The molecule has 0 aliphatic carbocycles. The van der Waals surface area contributed by atoms with Gasteiger partial charge in [0.2, 0.25) is 17.7 Å². The largest absolute Gasteiger partial charge is 0.506 e. The Balaban J connectivity index is 0.00000269. The zero-order valence-electron chi connectivity index (χ0n) is 39.5. The highest BCUT2D eigenvalue weighted by Crippen LogP contribution is 2.24. The highest BCUT2D eigenvalue weighted by atomic mass is 16.7. The van der Waals surface area contributed by atoms with Gasteiger partial charge in [-0.1, -0.05) is 40.7 Å². The third kappa shape index (κ3) is 21.2. The number of anilines is 1. The van der Waals surface area contributed by atoms with E-state index in [0.29, 0.717) is 19.6 Å². The van der Waals surface area contributed by atoms with Crippen molar-refractivity contribution in [2.75, 3.05) is 51.8 Å². The minimum atomic E-state index is -1.53. The Hall–Kier alpha value is -5.60. The summed E-state index contributed by atoms with van der Waals surface area (Å²) in [5.41, 5.74) is 2.26. The molecule has 1 aromatic rings. The molecule has 0 aromatic heterocycles. The standard InChI is InChI=1S/C40H61N5O12.C4H10N2O/c1-25(2)32(44-35(51)37(3,4)16-18-57-40(9,10)24-45-30(47)14-15-31(45)48)34(50)41-21-29(46)43-27-13-12-26(22-55-36(52)53)28(20-27)33(49)42-23-39(7,8)56-19-17-38(5,6)54-11;1-2-3-6-4(5)7/h12-15,20,25,32H,16-19,21-24H2,1-11H3,(H,41,50)(H,42,49)(H,43,46)(H,44,51)(H,52,53);2-3H2,1H3,(H3,5,6,7). The summed E-state index contributed by atoms with van der Waals surface area (Å²) in [6.45, 7) is 20.3. The van der Waals surface area contributed by atoms with Gasteiger partial charge >= 0.3 is 12.2 Å². The molecule has 0 spiro atoms. The lowest BCUT2D eigenvalue weighted by Gasteiger charge is -2.32. The molecule has 1 aliphatic rings. The van der Waals surface area contributed by atoms with Crippen molar-refractivity contribution in [2.24, 2.45) is 17.1 Å². The van der Waals surface area contributed by atoms with E-state index in [-0.39, 0.29) is 54.5 Å². The number of rotatable bonds is 25. The van der Waals surface area contributed by atoms with Crippen LogP contribution < -0.4 is 32.3 Å². The van der Waals surface area contributed by atoms with Crippen molar-refractivity contribution in [3.8, 4) is 0 Å². The van der Waals surface area contributed by atoms with Crippen molar-refractivity contribution in [3.63, 3.8) is 0 Å². The Bertz CT molecular complexity index is 1810. The molecule has 8 amide bonds. The number of hydrogen-bond donors (Lipinski definition) is 7. The smallest absolute Gasteiger partial charge is 0.450 e. The normalized spacial score (nSPS) is 13.4. The Morgan fingerprint density at radius 2 is 1.42 bits per heavy atom. The number of carbonyl (C=O) groups is 8. The number of urea groups is 1. The van der Waals surface area contributed by atoms with Crippen LogP contribution in [-0.4, -0.2) is 127 Å². The summed E-state index contributed by atoms with van der Waals surface area (Å²) in [6.07, 6.45) is 2.69. The topological polar surface area (TPSA) is 283 Å². The van der Waals surface area contributed by atoms with E-state index in [4.69, 9.17) is 29.8 Å². The van der Waals surface area contributed by atoms with Crippen LogP contribution in [0.5, 0.6) is 0 Å². The lowest BCUT2D eigenvalue weighted by Crippen LogP contribution is -2.54. The zero-order chi connectivity index (χ0) is 49.1. The van der Waals surface area contributed by atoms with Crippen molar-refractivity contribution in [2.45, 2.75) is 125 Å². The van der Waals surface area contributed by atoms with Crippen molar-refractivity contribution >= 4 is 53.3 Å². The molecule has 8 N–H and O–H groups in total. The molecule has 20 heteroatoms. The Morgan fingerprint density at radius 1 is 0.828 bits per heavy atom. The average Bonchev–Trinajstić information content (AvgIpc) is 3.50. The molecule has 64 heavy (non-hydrogen) atoms. The van der Waals surface area contributed by atoms with Gasteiger partial charge in [0.15, 0.2) is 0 Å². The van der Waals surface area contributed by atoms with Gasteiger partial charge in [-0.25, -0.2) is 9.59 Å². The summed E-state index contributed by atoms with van der Waals surface area (Å²) in [7, 11) is 1.62. The number of nitrogens with zero attached hydrogens (tertiary/aromatic N) is 1. The van der Waals surface area contributed by atoms with Gasteiger partial charge in [0, 0.05) is 61.2 Å². The molecule has 1 unspecified atom stereocenters. The van der Waals surface area contributed by atoms with E-state index >= 15 is 0 Å². The molecule has 0 radical (unpaired) electrons. The van der Waals surface area contributed by atoms with Crippen molar-refractivity contribution in [3.05, 3.63) is 41.5 Å². The summed E-state index contributed by atoms with van der Waals surface area (Å²) in [6, 6.07) is 2.86. The van der Waals surface area contributed by atoms with E-state index in [9.17, 15) is 38.4 Å². The minimum Gasteiger partial charge on any atom is -0.450 e. The molecule has 1 aromatic carbocycles. The van der Waals surface area contributed by atoms with Crippen LogP contribution in [0.1, 0.15) is 111 Å². The third-order valence-electron chi connectivity index (χ3n) is 9.90. The molecule has 1 aliphatic heterocycles. The highest BCUT2D eigenvalue weighted by Gasteiger charge is 2.35. The van der Waals surface area contributed by atoms with Crippen LogP contribution in [0.4, 0.5) is 15.3 Å². The van der Waals surface area contributed by atoms with E-state index in [2.05, 4.69) is 26.6 Å². The van der Waals surface area contributed by atoms with Crippen LogP contribution in [0.2, 0.25) is 0 Å². The molecular weight excluding hydrogens is 835 g/mol. The van der Waals surface area contributed by atoms with Crippen LogP contribution in [0.3, 0.4) is 0 Å². The number of benzene rings is 1. The minimum absolute atomic E-state index is 0.0422. The van der Waals surface area contributed by atoms with E-state index in [1.54, 1.807) is 48.7 Å². The van der Waals surface area contributed by atoms with Crippen LogP contribution >= 0.6 is 0 Å². The number of nitrogens with two attached hydrogens (primary N) is 1. The Kier molecular flexibility index (Phi) is 22.6. The first-order valence-electron chi connectivity index (χ1n) is 21.1. The Morgan fingerprint density at radius 3 is 1.95 bits per heavy atom. The monoisotopic (exact) mass is 906 g/mol. The van der Waals surface area contributed by atoms with Crippen LogP contribution in [0, 0.1) is 11.3 Å². The van der Waals surface area contributed by atoms with E-state index in [1.165, 1.54) is 30.4 Å². The van der Waals surface area contributed by atoms with Crippen LogP contribution in [0.25, 0.3) is 0 Å². The predicted molar refractivity (Wildman–Crippen MR) is 238 cm³/mol. The molecule has 1 atom stereocenters. The van der Waals surface area contributed by atoms with Gasteiger partial charge in [-0.3, -0.25) is 33.7 Å². The lowest BCUT2D eigenvalue weighted by atomic mass is 9.87. The molecule has 2 rings (SSSR count). The number of primary amides is 1. The zero-order valence-corrected chi connectivity index (χ0v) is 39.5. The number of ether oxygens (including phenoxy) is 4. The molecule has 1 heterocycles. The number of methoxy groups -OCH3 is 1. The fourth-order valence-corrected chi connectivity index (χ4v) is 5.56. The quantitative estimate of drug-likeness (QED) is 0.0546. The van der Waals surface area contributed by atoms with Gasteiger partial charge in [0.05, 0.1) is 36.5 Å². The number of carboxylic acid groups (broad SMARTS) is 1. The Labute approximate surface area is 376 Å². The number of hydrogen-bond acceptors (Lipinski definition) is 12. The van der Waals surface area contributed by atoms with Gasteiger partial charge < -0.3 is 56.4 Å². The summed E-state index contributed by atoms with van der Waals surface area (Å²) in [4.78, 5) is 98.9. The first-order valence-corrected chi connectivity index (χ1v) is 21.1. The van der Waals surface area contributed by atoms with Crippen molar-refractivity contribution in [1.29, 1.82) is 0 Å². The van der Waals surface area contributed by atoms with Gasteiger partial charge in [-0.2, -0.15) is 0 Å². The predicted octanol–water partition coefficient (Wildman–Crippen LogP) is 3.62. The second kappa shape index (κ2) is 25.6. The maximum absolute atomic E-state index is 13.4. The van der Waals surface area contributed by atoms with Gasteiger partial charge in [0.1, 0.15) is 12.6 Å². The molecule has 0 fully saturated rings. The van der Waals surface area contributed by atoms with Gasteiger partial charge in [-0.05, 0) is 78.9 Å². The van der Waals surface area contributed by atoms with E-state index in [0.717, 1.165) is 11.3 Å². The number of amides is 8. The molecule has 0 saturated carbocycles. The van der Waals surface area contributed by atoms with Crippen LogP contribution in [0.15, 0.2) is 30.4 Å². The highest BCUT2D eigenvalue weighted by molar-refractivity contribution is 6.13. The second-order valence-corrected chi connectivity index (χ2v) is 18.0. The van der Waals surface area contributed by atoms with Crippen LogP contribution in [-0.2, 0) is 49.5 Å². The number of carbonyl (C=O) groups excluding carboxylic acids is 7. The third-order valence-corrected chi connectivity index (χ3v) is 9.90. The summed E-state index contributed by atoms with van der Waals surface area (Å²) < 4.78 is 22.0. The first-order chi connectivity index (χ1) is 29.5. The second-order valence-electron chi connectivity index (χ2n) is 18.0. The number of imide groups is 1. The molecule has 20 nitrogen and oxygen atoms in total. The maximum Gasteiger partial charge on any atom is 0.506 e. The average molecular weight is 906 g/mol. The van der Waals surface area contributed by atoms with E-state index in [1.807, 2.05) is 34.6 Å². The fourth-order valence-electron chi connectivity index (χ4n) is 5.56. The molecule has 0 saturated heterocycles. The summed E-state index contributed by atoms with van der Waals surface area (Å²) in [5, 5.41) is 22.2. The fraction of sp³-hybridized carbons (Fsp3) is 0.636. The summed E-state index contributed by atoms with van der Waals surface area (Å²) >= 11 is 0. The lowest BCUT2D eigenvalue weighted by molar-refractivity contribution is -0.143. The van der Waals surface area contributed by atoms with Gasteiger partial charge in [0.25, 0.3) is 17.7 Å². The molecular formula is C44H71N7O13. The van der Waals surface area contributed by atoms with Crippen molar-refractivity contribution < 1.29 is 62.4 Å². The summed E-state index contributed by atoms with van der Waals surface area (Å²) in [5.74, 6) is -3.37. The number of nitrogens with one attached hydrogen (secondary N) is 5. The molecule has 360 valence electrons. The van der Waals surface area contributed by atoms with Gasteiger partial charge in [-0.15, -0.1) is 0 Å².